The summed E-state index contributed by atoms with van der Waals surface area (Å²) in [6.07, 6.45) is 3.30. The highest BCUT2D eigenvalue weighted by atomic mass is 16.5. The smallest absolute Gasteiger partial charge is 0.303 e. The molecule has 0 radical (unpaired) electrons. The summed E-state index contributed by atoms with van der Waals surface area (Å²) in [5.74, 6) is -0.143. The molecule has 0 aromatic heterocycles. The minimum Gasteiger partial charge on any atom is -0.481 e. The molecule has 88 valence electrons. The van der Waals surface area contributed by atoms with E-state index in [2.05, 4.69) is 5.32 Å². The summed E-state index contributed by atoms with van der Waals surface area (Å²) in [5, 5.41) is 11.8. The molecule has 15 heavy (non-hydrogen) atoms. The molecule has 0 aromatic carbocycles. The van der Waals surface area contributed by atoms with E-state index < -0.39 is 5.97 Å². The SMILES string of the molecule is CC(CCC(=O)O)OCC1CCCNC1. The summed E-state index contributed by atoms with van der Waals surface area (Å²) in [6.45, 7) is 4.85. The van der Waals surface area contributed by atoms with Crippen LogP contribution in [0.2, 0.25) is 0 Å². The molecular weight excluding hydrogens is 194 g/mol. The van der Waals surface area contributed by atoms with E-state index in [1.807, 2.05) is 6.92 Å². The Balaban J connectivity index is 2.04. The maximum Gasteiger partial charge on any atom is 0.303 e. The molecule has 1 saturated heterocycles. The average Bonchev–Trinajstić information content (AvgIpc) is 2.25. The third-order valence-corrected chi connectivity index (χ3v) is 2.78. The number of carbonyl (C=O) groups is 1. The number of carboxylic acids is 1. The van der Waals surface area contributed by atoms with E-state index >= 15 is 0 Å². The van der Waals surface area contributed by atoms with E-state index in [0.29, 0.717) is 12.3 Å². The first-order valence-corrected chi connectivity index (χ1v) is 5.72. The molecule has 0 bridgehead atoms. The number of ether oxygens (including phenoxy) is 1. The fourth-order valence-electron chi connectivity index (χ4n) is 1.78. The number of piperidine rings is 1. The van der Waals surface area contributed by atoms with E-state index in [9.17, 15) is 4.79 Å². The third kappa shape index (κ3) is 5.74. The molecule has 0 amide bonds. The van der Waals surface area contributed by atoms with Crippen LogP contribution in [0.3, 0.4) is 0 Å². The minimum absolute atomic E-state index is 0.0584. The lowest BCUT2D eigenvalue weighted by molar-refractivity contribution is -0.137. The van der Waals surface area contributed by atoms with Crippen LogP contribution in [0.5, 0.6) is 0 Å². The van der Waals surface area contributed by atoms with Crippen LogP contribution in [0, 0.1) is 5.92 Å². The molecule has 4 heteroatoms. The van der Waals surface area contributed by atoms with E-state index in [-0.39, 0.29) is 12.5 Å². The lowest BCUT2D eigenvalue weighted by atomic mass is 10.0. The van der Waals surface area contributed by atoms with Crippen molar-refractivity contribution in [1.82, 2.24) is 5.32 Å². The van der Waals surface area contributed by atoms with Crippen LogP contribution >= 0.6 is 0 Å². The van der Waals surface area contributed by atoms with Gasteiger partial charge in [0, 0.05) is 13.0 Å². The summed E-state index contributed by atoms with van der Waals surface area (Å²) in [5.41, 5.74) is 0. The predicted molar refractivity (Wildman–Crippen MR) is 57.9 cm³/mol. The van der Waals surface area contributed by atoms with Crippen LogP contribution in [0.25, 0.3) is 0 Å². The first-order valence-electron chi connectivity index (χ1n) is 5.72. The van der Waals surface area contributed by atoms with Gasteiger partial charge in [-0.2, -0.15) is 0 Å². The van der Waals surface area contributed by atoms with Crippen molar-refractivity contribution in [2.75, 3.05) is 19.7 Å². The summed E-state index contributed by atoms with van der Waals surface area (Å²) in [6, 6.07) is 0. The van der Waals surface area contributed by atoms with Gasteiger partial charge in [-0.05, 0) is 38.6 Å². The molecule has 1 heterocycles. The Morgan fingerprint density at radius 2 is 2.47 bits per heavy atom. The van der Waals surface area contributed by atoms with Crippen molar-refractivity contribution >= 4 is 5.97 Å². The van der Waals surface area contributed by atoms with Gasteiger partial charge in [0.25, 0.3) is 0 Å². The van der Waals surface area contributed by atoms with Crippen molar-refractivity contribution < 1.29 is 14.6 Å². The monoisotopic (exact) mass is 215 g/mol. The topological polar surface area (TPSA) is 58.6 Å². The Labute approximate surface area is 91.0 Å². The van der Waals surface area contributed by atoms with Gasteiger partial charge in [-0.3, -0.25) is 4.79 Å². The Morgan fingerprint density at radius 3 is 3.07 bits per heavy atom. The number of rotatable bonds is 6. The maximum absolute atomic E-state index is 10.3. The van der Waals surface area contributed by atoms with Crippen molar-refractivity contribution in [3.63, 3.8) is 0 Å². The summed E-state index contributed by atoms with van der Waals surface area (Å²) in [4.78, 5) is 10.3. The Kier molecular flexibility index (Phi) is 5.65. The highest BCUT2D eigenvalue weighted by molar-refractivity contribution is 5.66. The van der Waals surface area contributed by atoms with Crippen molar-refractivity contribution in [2.45, 2.75) is 38.7 Å². The minimum atomic E-state index is -0.746. The maximum atomic E-state index is 10.3. The van der Waals surface area contributed by atoms with Crippen LogP contribution in [-0.4, -0.2) is 36.9 Å². The number of aliphatic carboxylic acids is 1. The molecule has 2 N–H and O–H groups in total. The lowest BCUT2D eigenvalue weighted by Crippen LogP contribution is -2.33. The van der Waals surface area contributed by atoms with Gasteiger partial charge < -0.3 is 15.2 Å². The quantitative estimate of drug-likeness (QED) is 0.700. The van der Waals surface area contributed by atoms with Gasteiger partial charge in [0.15, 0.2) is 0 Å². The first kappa shape index (κ1) is 12.5. The standard InChI is InChI=1S/C11H21NO3/c1-9(4-5-11(13)14)15-8-10-3-2-6-12-7-10/h9-10,12H,2-8H2,1H3,(H,13,14). The molecule has 4 nitrogen and oxygen atoms in total. The molecule has 2 unspecified atom stereocenters. The zero-order chi connectivity index (χ0) is 11.1. The van der Waals surface area contributed by atoms with Gasteiger partial charge in [0.05, 0.1) is 12.7 Å². The number of carboxylic acid groups (broad SMARTS) is 1. The molecule has 1 rings (SSSR count). The average molecular weight is 215 g/mol. The molecule has 0 saturated carbocycles. The van der Waals surface area contributed by atoms with Crippen LogP contribution in [0.1, 0.15) is 32.6 Å². The molecular formula is C11H21NO3. The Bertz CT molecular complexity index is 190. The van der Waals surface area contributed by atoms with Gasteiger partial charge in [-0.25, -0.2) is 0 Å². The summed E-state index contributed by atoms with van der Waals surface area (Å²) < 4.78 is 5.63. The van der Waals surface area contributed by atoms with Crippen molar-refractivity contribution in [3.05, 3.63) is 0 Å². The Morgan fingerprint density at radius 1 is 1.67 bits per heavy atom. The van der Waals surface area contributed by atoms with Gasteiger partial charge in [0.2, 0.25) is 0 Å². The Hall–Kier alpha value is -0.610. The number of hydrogen-bond donors (Lipinski definition) is 2. The van der Waals surface area contributed by atoms with Crippen LogP contribution in [0.15, 0.2) is 0 Å². The molecule has 1 fully saturated rings. The molecule has 0 spiro atoms. The number of hydrogen-bond acceptors (Lipinski definition) is 3. The van der Waals surface area contributed by atoms with Gasteiger partial charge in [-0.1, -0.05) is 0 Å². The van der Waals surface area contributed by atoms with E-state index in [0.717, 1.165) is 19.7 Å². The molecule has 1 aliphatic rings. The van der Waals surface area contributed by atoms with Crippen molar-refractivity contribution in [1.29, 1.82) is 0 Å². The van der Waals surface area contributed by atoms with Crippen molar-refractivity contribution in [2.24, 2.45) is 5.92 Å². The van der Waals surface area contributed by atoms with Gasteiger partial charge in [-0.15, -0.1) is 0 Å². The third-order valence-electron chi connectivity index (χ3n) is 2.78. The van der Waals surface area contributed by atoms with Gasteiger partial charge in [0.1, 0.15) is 0 Å². The first-order chi connectivity index (χ1) is 7.18. The van der Waals surface area contributed by atoms with Crippen LogP contribution < -0.4 is 5.32 Å². The zero-order valence-electron chi connectivity index (χ0n) is 9.37. The zero-order valence-corrected chi connectivity index (χ0v) is 9.37. The molecule has 1 aliphatic heterocycles. The fraction of sp³-hybridized carbons (Fsp3) is 0.909. The lowest BCUT2D eigenvalue weighted by Gasteiger charge is -2.24. The molecule has 2 atom stereocenters. The van der Waals surface area contributed by atoms with E-state index in [1.54, 1.807) is 0 Å². The summed E-state index contributed by atoms with van der Waals surface area (Å²) in [7, 11) is 0. The second kappa shape index (κ2) is 6.80. The highest BCUT2D eigenvalue weighted by Crippen LogP contribution is 2.12. The van der Waals surface area contributed by atoms with Crippen LogP contribution in [-0.2, 0) is 9.53 Å². The number of nitrogens with one attached hydrogen (secondary N) is 1. The predicted octanol–water partition coefficient (Wildman–Crippen LogP) is 1.26. The van der Waals surface area contributed by atoms with Gasteiger partial charge >= 0.3 is 5.97 Å². The second-order valence-corrected chi connectivity index (χ2v) is 4.29. The largest absolute Gasteiger partial charge is 0.481 e. The van der Waals surface area contributed by atoms with E-state index in [1.165, 1.54) is 12.8 Å². The summed E-state index contributed by atoms with van der Waals surface area (Å²) >= 11 is 0. The second-order valence-electron chi connectivity index (χ2n) is 4.29. The van der Waals surface area contributed by atoms with Crippen molar-refractivity contribution in [3.8, 4) is 0 Å². The molecule has 0 aromatic rings. The van der Waals surface area contributed by atoms with Crippen LogP contribution in [0.4, 0.5) is 0 Å². The normalized spacial score (nSPS) is 23.7. The van der Waals surface area contributed by atoms with E-state index in [4.69, 9.17) is 9.84 Å². The highest BCUT2D eigenvalue weighted by Gasteiger charge is 2.14. The fourth-order valence-corrected chi connectivity index (χ4v) is 1.78. The molecule has 0 aliphatic carbocycles.